The van der Waals surface area contributed by atoms with Gasteiger partial charge in [-0.2, -0.15) is 9.61 Å². The van der Waals surface area contributed by atoms with Crippen molar-refractivity contribution in [2.24, 2.45) is 0 Å². The summed E-state index contributed by atoms with van der Waals surface area (Å²) in [5.74, 6) is 1.36. The topological polar surface area (TPSA) is 65.2 Å². The standard InChI is InChI=1S/C17H12FN5O/c1-24-14-8-4-11(5-9-14)15-10-19-23-16(21-22-17(23)20-15)12-2-6-13(18)7-3-12/h2-10H,1H3. The van der Waals surface area contributed by atoms with Crippen LogP contribution in [0.25, 0.3) is 28.4 Å². The van der Waals surface area contributed by atoms with Gasteiger partial charge < -0.3 is 4.74 Å². The first-order valence-electron chi connectivity index (χ1n) is 7.23. The van der Waals surface area contributed by atoms with E-state index in [-0.39, 0.29) is 5.82 Å². The third-order valence-electron chi connectivity index (χ3n) is 3.63. The molecule has 24 heavy (non-hydrogen) atoms. The Morgan fingerprint density at radius 2 is 1.62 bits per heavy atom. The number of methoxy groups -OCH3 is 1. The van der Waals surface area contributed by atoms with E-state index in [1.165, 1.54) is 16.6 Å². The third kappa shape index (κ3) is 2.45. The van der Waals surface area contributed by atoms with Gasteiger partial charge in [0, 0.05) is 11.1 Å². The Bertz CT molecular complexity index is 996. The van der Waals surface area contributed by atoms with Gasteiger partial charge in [-0.05, 0) is 48.5 Å². The lowest BCUT2D eigenvalue weighted by Crippen LogP contribution is -1.98. The Balaban J connectivity index is 1.75. The summed E-state index contributed by atoms with van der Waals surface area (Å²) >= 11 is 0. The third-order valence-corrected chi connectivity index (χ3v) is 3.63. The van der Waals surface area contributed by atoms with Crippen molar-refractivity contribution in [2.45, 2.75) is 0 Å². The molecule has 4 aromatic rings. The fourth-order valence-corrected chi connectivity index (χ4v) is 2.38. The molecule has 0 unspecified atom stereocenters. The van der Waals surface area contributed by atoms with Crippen LogP contribution in [0.2, 0.25) is 0 Å². The zero-order valence-corrected chi connectivity index (χ0v) is 12.7. The lowest BCUT2D eigenvalue weighted by Gasteiger charge is -2.03. The highest BCUT2D eigenvalue weighted by Crippen LogP contribution is 2.22. The maximum atomic E-state index is 13.1. The smallest absolute Gasteiger partial charge is 0.272 e. The lowest BCUT2D eigenvalue weighted by molar-refractivity contribution is 0.415. The number of aromatic nitrogens is 5. The van der Waals surface area contributed by atoms with Crippen LogP contribution in [0, 0.1) is 5.82 Å². The highest BCUT2D eigenvalue weighted by Gasteiger charge is 2.11. The molecule has 0 aliphatic rings. The van der Waals surface area contributed by atoms with Gasteiger partial charge in [0.1, 0.15) is 11.6 Å². The summed E-state index contributed by atoms with van der Waals surface area (Å²) in [5, 5.41) is 12.5. The van der Waals surface area contributed by atoms with E-state index in [2.05, 4.69) is 20.3 Å². The average molecular weight is 321 g/mol. The normalized spacial score (nSPS) is 10.9. The number of rotatable bonds is 3. The minimum Gasteiger partial charge on any atom is -0.497 e. The van der Waals surface area contributed by atoms with E-state index in [0.29, 0.717) is 17.3 Å². The molecule has 0 spiro atoms. The molecule has 7 heteroatoms. The number of halogens is 1. The van der Waals surface area contributed by atoms with Gasteiger partial charge in [-0.1, -0.05) is 0 Å². The number of benzene rings is 2. The van der Waals surface area contributed by atoms with Gasteiger partial charge >= 0.3 is 0 Å². The van der Waals surface area contributed by atoms with Gasteiger partial charge in [0.05, 0.1) is 19.0 Å². The predicted molar refractivity (Wildman–Crippen MR) is 86.0 cm³/mol. The molecule has 2 heterocycles. The second-order valence-electron chi connectivity index (χ2n) is 5.11. The van der Waals surface area contributed by atoms with Crippen LogP contribution in [0.3, 0.4) is 0 Å². The van der Waals surface area contributed by atoms with Crippen molar-refractivity contribution in [1.29, 1.82) is 0 Å². The largest absolute Gasteiger partial charge is 0.497 e. The van der Waals surface area contributed by atoms with Gasteiger partial charge in [0.2, 0.25) is 0 Å². The Labute approximate surface area is 136 Å². The molecule has 2 aromatic heterocycles. The Hall–Kier alpha value is -3.35. The number of hydrogen-bond acceptors (Lipinski definition) is 5. The predicted octanol–water partition coefficient (Wildman–Crippen LogP) is 3.00. The summed E-state index contributed by atoms with van der Waals surface area (Å²) in [7, 11) is 1.62. The second kappa shape index (κ2) is 5.69. The summed E-state index contributed by atoms with van der Waals surface area (Å²) < 4.78 is 19.7. The summed E-state index contributed by atoms with van der Waals surface area (Å²) in [6.07, 6.45) is 1.64. The van der Waals surface area contributed by atoms with E-state index in [9.17, 15) is 4.39 Å². The van der Waals surface area contributed by atoms with Crippen molar-refractivity contribution in [3.8, 4) is 28.4 Å². The SMILES string of the molecule is COc1ccc(-c2cnn3c(-c4ccc(F)cc4)nnc3n2)cc1. The summed E-state index contributed by atoms with van der Waals surface area (Å²) in [6, 6.07) is 13.5. The highest BCUT2D eigenvalue weighted by atomic mass is 19.1. The van der Waals surface area contributed by atoms with Crippen LogP contribution < -0.4 is 4.74 Å². The van der Waals surface area contributed by atoms with E-state index in [1.54, 1.807) is 25.4 Å². The maximum absolute atomic E-state index is 13.1. The number of fused-ring (bicyclic) bond motifs is 1. The van der Waals surface area contributed by atoms with E-state index in [1.807, 2.05) is 24.3 Å². The maximum Gasteiger partial charge on any atom is 0.272 e. The van der Waals surface area contributed by atoms with E-state index < -0.39 is 0 Å². The minimum atomic E-state index is -0.305. The molecule has 118 valence electrons. The van der Waals surface area contributed by atoms with Crippen molar-refractivity contribution in [2.75, 3.05) is 7.11 Å². The second-order valence-corrected chi connectivity index (χ2v) is 5.11. The molecule has 0 radical (unpaired) electrons. The van der Waals surface area contributed by atoms with Crippen LogP contribution >= 0.6 is 0 Å². The molecular weight excluding hydrogens is 309 g/mol. The van der Waals surface area contributed by atoms with Crippen molar-refractivity contribution in [3.05, 3.63) is 60.5 Å². The van der Waals surface area contributed by atoms with Gasteiger partial charge in [-0.3, -0.25) is 0 Å². The highest BCUT2D eigenvalue weighted by molar-refractivity contribution is 5.62. The molecule has 2 aromatic carbocycles. The molecule has 0 N–H and O–H groups in total. The van der Waals surface area contributed by atoms with Crippen molar-refractivity contribution < 1.29 is 9.13 Å². The molecule has 0 amide bonds. The minimum absolute atomic E-state index is 0.305. The summed E-state index contributed by atoms with van der Waals surface area (Å²) in [6.45, 7) is 0. The molecule has 0 aliphatic carbocycles. The first-order valence-corrected chi connectivity index (χ1v) is 7.23. The zero-order valence-electron chi connectivity index (χ0n) is 12.7. The van der Waals surface area contributed by atoms with Crippen LogP contribution in [-0.4, -0.2) is 31.9 Å². The fraction of sp³-hybridized carbons (Fsp3) is 0.0588. The van der Waals surface area contributed by atoms with E-state index in [0.717, 1.165) is 16.9 Å². The van der Waals surface area contributed by atoms with Gasteiger partial charge in [-0.25, -0.2) is 9.37 Å². The van der Waals surface area contributed by atoms with Crippen molar-refractivity contribution >= 4 is 5.78 Å². The average Bonchev–Trinajstić information content (AvgIpc) is 3.05. The van der Waals surface area contributed by atoms with Crippen LogP contribution in [0.5, 0.6) is 5.75 Å². The van der Waals surface area contributed by atoms with Crippen LogP contribution in [0.15, 0.2) is 54.7 Å². The van der Waals surface area contributed by atoms with E-state index >= 15 is 0 Å². The molecule has 0 aliphatic heterocycles. The van der Waals surface area contributed by atoms with Crippen LogP contribution in [0.4, 0.5) is 4.39 Å². The van der Waals surface area contributed by atoms with Gasteiger partial charge in [-0.15, -0.1) is 10.2 Å². The first-order chi connectivity index (χ1) is 11.7. The Kier molecular flexibility index (Phi) is 3.38. The molecule has 0 saturated heterocycles. The Morgan fingerprint density at radius 3 is 2.33 bits per heavy atom. The molecular formula is C17H12FN5O. The monoisotopic (exact) mass is 321 g/mol. The fourth-order valence-electron chi connectivity index (χ4n) is 2.38. The van der Waals surface area contributed by atoms with Gasteiger partial charge in [0.15, 0.2) is 5.82 Å². The molecule has 6 nitrogen and oxygen atoms in total. The molecule has 0 saturated carbocycles. The van der Waals surface area contributed by atoms with Crippen LogP contribution in [0.1, 0.15) is 0 Å². The summed E-state index contributed by atoms with van der Waals surface area (Å²) in [5.41, 5.74) is 2.30. The number of nitrogens with zero attached hydrogens (tertiary/aromatic N) is 5. The van der Waals surface area contributed by atoms with Crippen molar-refractivity contribution in [1.82, 2.24) is 24.8 Å². The molecule has 0 atom stereocenters. The molecule has 0 bridgehead atoms. The van der Waals surface area contributed by atoms with Crippen LogP contribution in [-0.2, 0) is 0 Å². The zero-order chi connectivity index (χ0) is 16.5. The lowest BCUT2D eigenvalue weighted by atomic mass is 10.1. The Morgan fingerprint density at radius 1 is 0.917 bits per heavy atom. The van der Waals surface area contributed by atoms with Crippen molar-refractivity contribution in [3.63, 3.8) is 0 Å². The summed E-state index contributed by atoms with van der Waals surface area (Å²) in [4.78, 5) is 4.48. The van der Waals surface area contributed by atoms with E-state index in [4.69, 9.17) is 4.74 Å². The quantitative estimate of drug-likeness (QED) is 0.580. The number of ether oxygens (including phenoxy) is 1. The number of hydrogen-bond donors (Lipinski definition) is 0. The molecule has 0 fully saturated rings. The molecule has 4 rings (SSSR count). The van der Waals surface area contributed by atoms with Gasteiger partial charge in [0.25, 0.3) is 5.78 Å². The first kappa shape index (κ1) is 14.3.